The van der Waals surface area contributed by atoms with Crippen molar-refractivity contribution in [1.82, 2.24) is 4.98 Å². The Bertz CT molecular complexity index is 377. The number of nitrogens with two attached hydrogens (primary N) is 1. The van der Waals surface area contributed by atoms with E-state index in [0.29, 0.717) is 33.0 Å². The van der Waals surface area contributed by atoms with Crippen molar-refractivity contribution < 1.29 is 9.47 Å². The molecule has 0 bridgehead atoms. The van der Waals surface area contributed by atoms with Crippen molar-refractivity contribution in [2.75, 3.05) is 26.4 Å². The van der Waals surface area contributed by atoms with Gasteiger partial charge < -0.3 is 15.2 Å². The van der Waals surface area contributed by atoms with E-state index < -0.39 is 0 Å². The van der Waals surface area contributed by atoms with Gasteiger partial charge in [0.25, 0.3) is 0 Å². The van der Waals surface area contributed by atoms with Crippen molar-refractivity contribution in [3.05, 3.63) is 30.1 Å². The quantitative estimate of drug-likeness (QED) is 0.755. The molecule has 0 saturated carbocycles. The number of hydrogen-bond acceptors (Lipinski definition) is 4. The van der Waals surface area contributed by atoms with Crippen molar-refractivity contribution >= 4 is 0 Å². The van der Waals surface area contributed by atoms with Crippen LogP contribution in [0.3, 0.4) is 0 Å². The molecule has 1 rings (SSSR count). The number of aromatic nitrogens is 1. The maximum absolute atomic E-state index is 5.78. The van der Waals surface area contributed by atoms with Gasteiger partial charge in [-0.15, -0.1) is 0 Å². The van der Waals surface area contributed by atoms with Crippen molar-refractivity contribution in [2.24, 2.45) is 16.6 Å². The topological polar surface area (TPSA) is 57.4 Å². The number of pyridine rings is 1. The fourth-order valence-electron chi connectivity index (χ4n) is 1.63. The van der Waals surface area contributed by atoms with E-state index in [9.17, 15) is 0 Å². The fraction of sp³-hybridized carbons (Fsp3) is 0.688. The Morgan fingerprint density at radius 1 is 1.05 bits per heavy atom. The SMILES string of the molecule is CC(C)(CN)COCC(C)(C)COCc1cccnc1. The van der Waals surface area contributed by atoms with Gasteiger partial charge in [0.1, 0.15) is 0 Å². The summed E-state index contributed by atoms with van der Waals surface area (Å²) in [6.07, 6.45) is 3.59. The van der Waals surface area contributed by atoms with E-state index in [4.69, 9.17) is 15.2 Å². The van der Waals surface area contributed by atoms with Crippen molar-refractivity contribution in [1.29, 1.82) is 0 Å². The minimum absolute atomic E-state index is 0.00706. The molecule has 1 heterocycles. The second-order valence-electron chi connectivity index (χ2n) is 6.88. The molecule has 0 aliphatic carbocycles. The molecule has 0 aliphatic heterocycles. The van der Waals surface area contributed by atoms with Crippen LogP contribution in [0.4, 0.5) is 0 Å². The van der Waals surface area contributed by atoms with E-state index in [2.05, 4.69) is 32.7 Å². The molecule has 114 valence electrons. The minimum Gasteiger partial charge on any atom is -0.380 e. The molecule has 0 spiro atoms. The first kappa shape index (κ1) is 17.1. The van der Waals surface area contributed by atoms with Crippen LogP contribution in [-0.4, -0.2) is 31.3 Å². The van der Waals surface area contributed by atoms with Crippen LogP contribution in [0.25, 0.3) is 0 Å². The zero-order chi connectivity index (χ0) is 15.1. The van der Waals surface area contributed by atoms with Crippen LogP contribution >= 0.6 is 0 Å². The van der Waals surface area contributed by atoms with Crippen molar-refractivity contribution in [3.8, 4) is 0 Å². The molecule has 1 aromatic heterocycles. The average Bonchev–Trinajstić information content (AvgIpc) is 2.39. The summed E-state index contributed by atoms with van der Waals surface area (Å²) in [6.45, 7) is 11.7. The normalized spacial score (nSPS) is 12.7. The smallest absolute Gasteiger partial charge is 0.0732 e. The molecule has 0 unspecified atom stereocenters. The Labute approximate surface area is 122 Å². The van der Waals surface area contributed by atoms with E-state index in [1.807, 2.05) is 18.3 Å². The van der Waals surface area contributed by atoms with Gasteiger partial charge in [0.15, 0.2) is 0 Å². The van der Waals surface area contributed by atoms with Crippen LogP contribution in [-0.2, 0) is 16.1 Å². The maximum atomic E-state index is 5.78. The zero-order valence-corrected chi connectivity index (χ0v) is 13.2. The molecular weight excluding hydrogens is 252 g/mol. The van der Waals surface area contributed by atoms with Gasteiger partial charge in [0.2, 0.25) is 0 Å². The molecule has 0 saturated heterocycles. The van der Waals surface area contributed by atoms with Gasteiger partial charge >= 0.3 is 0 Å². The number of ether oxygens (including phenoxy) is 2. The highest BCUT2D eigenvalue weighted by Gasteiger charge is 2.22. The Kier molecular flexibility index (Phi) is 6.59. The van der Waals surface area contributed by atoms with Gasteiger partial charge in [0.05, 0.1) is 26.4 Å². The van der Waals surface area contributed by atoms with Gasteiger partial charge in [-0.05, 0) is 18.2 Å². The van der Waals surface area contributed by atoms with Gasteiger partial charge in [-0.25, -0.2) is 0 Å². The van der Waals surface area contributed by atoms with E-state index in [1.54, 1.807) is 6.20 Å². The largest absolute Gasteiger partial charge is 0.380 e. The lowest BCUT2D eigenvalue weighted by atomic mass is 9.94. The molecule has 0 amide bonds. The van der Waals surface area contributed by atoms with Crippen LogP contribution in [0.1, 0.15) is 33.3 Å². The average molecular weight is 280 g/mol. The predicted molar refractivity (Wildman–Crippen MR) is 81.3 cm³/mol. The number of hydrogen-bond donors (Lipinski definition) is 1. The van der Waals surface area contributed by atoms with E-state index in [0.717, 1.165) is 5.56 Å². The molecule has 20 heavy (non-hydrogen) atoms. The van der Waals surface area contributed by atoms with Crippen LogP contribution in [0.2, 0.25) is 0 Å². The molecule has 4 nitrogen and oxygen atoms in total. The molecule has 0 atom stereocenters. The molecule has 2 N–H and O–H groups in total. The summed E-state index contributed by atoms with van der Waals surface area (Å²) in [6, 6.07) is 3.93. The summed E-state index contributed by atoms with van der Waals surface area (Å²) in [5, 5.41) is 0. The third-order valence-corrected chi connectivity index (χ3v) is 3.02. The standard InChI is InChI=1S/C16H28N2O2/c1-15(2,10-17)11-20-13-16(3,4)12-19-9-14-6-5-7-18-8-14/h5-8H,9-13,17H2,1-4H3. The van der Waals surface area contributed by atoms with Gasteiger partial charge in [0, 0.05) is 23.2 Å². The van der Waals surface area contributed by atoms with Crippen molar-refractivity contribution in [3.63, 3.8) is 0 Å². The summed E-state index contributed by atoms with van der Waals surface area (Å²) in [7, 11) is 0. The van der Waals surface area contributed by atoms with Crippen LogP contribution in [0.5, 0.6) is 0 Å². The zero-order valence-electron chi connectivity index (χ0n) is 13.2. The summed E-state index contributed by atoms with van der Waals surface area (Å²) in [5.41, 5.74) is 6.81. The Morgan fingerprint density at radius 3 is 2.30 bits per heavy atom. The lowest BCUT2D eigenvalue weighted by Gasteiger charge is -2.28. The first-order valence-corrected chi connectivity index (χ1v) is 7.09. The number of rotatable bonds is 9. The molecule has 0 aromatic carbocycles. The third kappa shape index (κ3) is 6.98. The summed E-state index contributed by atoms with van der Waals surface area (Å²) in [5.74, 6) is 0. The van der Waals surface area contributed by atoms with Gasteiger partial charge in [-0.3, -0.25) is 4.98 Å². The summed E-state index contributed by atoms with van der Waals surface area (Å²) in [4.78, 5) is 4.07. The van der Waals surface area contributed by atoms with Crippen LogP contribution in [0.15, 0.2) is 24.5 Å². The monoisotopic (exact) mass is 280 g/mol. The van der Waals surface area contributed by atoms with E-state index in [1.165, 1.54) is 0 Å². The van der Waals surface area contributed by atoms with Crippen LogP contribution in [0, 0.1) is 10.8 Å². The van der Waals surface area contributed by atoms with Gasteiger partial charge in [-0.2, -0.15) is 0 Å². The lowest BCUT2D eigenvalue weighted by Crippen LogP contribution is -2.32. The Morgan fingerprint density at radius 2 is 1.70 bits per heavy atom. The first-order valence-electron chi connectivity index (χ1n) is 7.09. The molecule has 0 aliphatic rings. The Hall–Kier alpha value is -0.970. The second kappa shape index (κ2) is 7.72. The third-order valence-electron chi connectivity index (χ3n) is 3.02. The van der Waals surface area contributed by atoms with E-state index >= 15 is 0 Å². The number of nitrogens with zero attached hydrogens (tertiary/aromatic N) is 1. The summed E-state index contributed by atoms with van der Waals surface area (Å²) >= 11 is 0. The first-order chi connectivity index (χ1) is 9.35. The van der Waals surface area contributed by atoms with Gasteiger partial charge in [-0.1, -0.05) is 33.8 Å². The maximum Gasteiger partial charge on any atom is 0.0732 e. The highest BCUT2D eigenvalue weighted by Crippen LogP contribution is 2.19. The highest BCUT2D eigenvalue weighted by molar-refractivity contribution is 5.06. The predicted octanol–water partition coefficient (Wildman–Crippen LogP) is 2.63. The van der Waals surface area contributed by atoms with Crippen LogP contribution < -0.4 is 5.73 Å². The second-order valence-corrected chi connectivity index (χ2v) is 6.88. The summed E-state index contributed by atoms with van der Waals surface area (Å²) < 4.78 is 11.5. The van der Waals surface area contributed by atoms with Crippen molar-refractivity contribution in [2.45, 2.75) is 34.3 Å². The molecule has 4 heteroatoms. The molecule has 1 aromatic rings. The lowest BCUT2D eigenvalue weighted by molar-refractivity contribution is -0.0277. The highest BCUT2D eigenvalue weighted by atomic mass is 16.5. The Balaban J connectivity index is 2.24. The molecule has 0 radical (unpaired) electrons. The van der Waals surface area contributed by atoms with E-state index in [-0.39, 0.29) is 10.8 Å². The molecule has 0 fully saturated rings. The fourth-order valence-corrected chi connectivity index (χ4v) is 1.63. The minimum atomic E-state index is -0.00706. The molecular formula is C16H28N2O2.